The van der Waals surface area contributed by atoms with Gasteiger partial charge >= 0.3 is 0 Å². The van der Waals surface area contributed by atoms with Crippen molar-refractivity contribution in [1.82, 2.24) is 10.3 Å². The average Bonchev–Trinajstić information content (AvgIpc) is 2.64. The average molecular weight is 200 g/mol. The van der Waals surface area contributed by atoms with Gasteiger partial charge in [0.25, 0.3) is 0 Å². The van der Waals surface area contributed by atoms with Gasteiger partial charge in [0.15, 0.2) is 0 Å². The molecule has 13 heavy (non-hydrogen) atoms. The third-order valence-electron chi connectivity index (χ3n) is 1.90. The van der Waals surface area contributed by atoms with E-state index in [1.165, 1.54) is 4.88 Å². The van der Waals surface area contributed by atoms with Crippen LogP contribution in [-0.2, 0) is 6.54 Å². The summed E-state index contributed by atoms with van der Waals surface area (Å²) in [6, 6.07) is 0.467. The van der Waals surface area contributed by atoms with E-state index in [0.29, 0.717) is 6.04 Å². The topological polar surface area (TPSA) is 45.1 Å². The normalized spacial score (nSPS) is 13.1. The van der Waals surface area contributed by atoms with Crippen LogP contribution in [-0.4, -0.2) is 22.7 Å². The first-order valence-electron chi connectivity index (χ1n) is 4.54. The van der Waals surface area contributed by atoms with Crippen LogP contribution in [0.1, 0.15) is 24.6 Å². The Morgan fingerprint density at radius 3 is 3.15 bits per heavy atom. The number of nitrogens with zero attached hydrogens (tertiary/aromatic N) is 1. The summed E-state index contributed by atoms with van der Waals surface area (Å²) in [5.74, 6) is 0. The molecule has 74 valence electrons. The minimum Gasteiger partial charge on any atom is -0.396 e. The molecular formula is C9H16N2OS. The van der Waals surface area contributed by atoms with E-state index < -0.39 is 0 Å². The standard InChI is InChI=1S/C9H16N2OS/c1-8(3-2-4-12)11-6-9-5-10-7-13-9/h5,7-8,11-12H,2-4,6H2,1H3. The molecule has 1 unspecified atom stereocenters. The number of hydrogen-bond donors (Lipinski definition) is 2. The molecule has 4 heteroatoms. The fourth-order valence-corrected chi connectivity index (χ4v) is 1.65. The summed E-state index contributed by atoms with van der Waals surface area (Å²) in [6.45, 7) is 3.31. The van der Waals surface area contributed by atoms with E-state index in [4.69, 9.17) is 5.11 Å². The van der Waals surface area contributed by atoms with Crippen molar-refractivity contribution < 1.29 is 5.11 Å². The Morgan fingerprint density at radius 2 is 2.54 bits per heavy atom. The quantitative estimate of drug-likeness (QED) is 0.729. The van der Waals surface area contributed by atoms with Gasteiger partial charge in [-0.3, -0.25) is 4.98 Å². The zero-order valence-electron chi connectivity index (χ0n) is 7.86. The van der Waals surface area contributed by atoms with Crippen molar-refractivity contribution >= 4 is 11.3 Å². The van der Waals surface area contributed by atoms with E-state index in [-0.39, 0.29) is 6.61 Å². The molecule has 0 aliphatic carbocycles. The van der Waals surface area contributed by atoms with Crippen molar-refractivity contribution in [3.63, 3.8) is 0 Å². The van der Waals surface area contributed by atoms with Crippen LogP contribution >= 0.6 is 11.3 Å². The summed E-state index contributed by atoms with van der Waals surface area (Å²) in [5, 5.41) is 12.0. The second-order valence-electron chi connectivity index (χ2n) is 3.12. The number of rotatable bonds is 6. The second-order valence-corrected chi connectivity index (χ2v) is 4.09. The number of aliphatic hydroxyl groups excluding tert-OH is 1. The van der Waals surface area contributed by atoms with Gasteiger partial charge in [-0.25, -0.2) is 0 Å². The van der Waals surface area contributed by atoms with Crippen LogP contribution in [0.15, 0.2) is 11.7 Å². The zero-order chi connectivity index (χ0) is 9.52. The summed E-state index contributed by atoms with van der Waals surface area (Å²) in [6.07, 6.45) is 3.78. The molecule has 2 N–H and O–H groups in total. The molecule has 0 saturated carbocycles. The van der Waals surface area contributed by atoms with Gasteiger partial charge in [-0.2, -0.15) is 0 Å². The van der Waals surface area contributed by atoms with E-state index >= 15 is 0 Å². The number of aliphatic hydroxyl groups is 1. The molecule has 0 spiro atoms. The van der Waals surface area contributed by atoms with Crippen LogP contribution in [0, 0.1) is 0 Å². The summed E-state index contributed by atoms with van der Waals surface area (Å²) in [7, 11) is 0. The maximum absolute atomic E-state index is 8.63. The Kier molecular flexibility index (Phi) is 4.97. The first kappa shape index (κ1) is 10.6. The van der Waals surface area contributed by atoms with Gasteiger partial charge in [-0.05, 0) is 19.8 Å². The smallest absolute Gasteiger partial charge is 0.0794 e. The Balaban J connectivity index is 2.11. The lowest BCUT2D eigenvalue weighted by molar-refractivity contribution is 0.276. The highest BCUT2D eigenvalue weighted by Crippen LogP contribution is 2.05. The fraction of sp³-hybridized carbons (Fsp3) is 0.667. The van der Waals surface area contributed by atoms with Gasteiger partial charge in [-0.15, -0.1) is 11.3 Å². The van der Waals surface area contributed by atoms with E-state index in [2.05, 4.69) is 17.2 Å². The molecule has 0 radical (unpaired) electrons. The van der Waals surface area contributed by atoms with Gasteiger partial charge in [0, 0.05) is 30.3 Å². The summed E-state index contributed by atoms with van der Waals surface area (Å²) in [5.41, 5.74) is 1.84. The molecule has 0 amide bonds. The molecule has 1 aromatic heterocycles. The molecule has 0 aliphatic heterocycles. The largest absolute Gasteiger partial charge is 0.396 e. The Hall–Kier alpha value is -0.450. The minimum atomic E-state index is 0.284. The van der Waals surface area contributed by atoms with Crippen LogP contribution in [0.4, 0.5) is 0 Å². The van der Waals surface area contributed by atoms with E-state index in [1.54, 1.807) is 11.3 Å². The van der Waals surface area contributed by atoms with Crippen LogP contribution < -0.4 is 5.32 Å². The maximum atomic E-state index is 8.63. The molecule has 1 atom stereocenters. The summed E-state index contributed by atoms with van der Waals surface area (Å²) < 4.78 is 0. The van der Waals surface area contributed by atoms with Crippen molar-refractivity contribution in [2.45, 2.75) is 32.4 Å². The predicted molar refractivity (Wildman–Crippen MR) is 54.7 cm³/mol. The maximum Gasteiger partial charge on any atom is 0.0794 e. The van der Waals surface area contributed by atoms with Crippen LogP contribution in [0.3, 0.4) is 0 Å². The number of nitrogens with one attached hydrogen (secondary N) is 1. The van der Waals surface area contributed by atoms with Crippen LogP contribution in [0.25, 0.3) is 0 Å². The molecule has 1 aromatic rings. The van der Waals surface area contributed by atoms with Gasteiger partial charge in [0.2, 0.25) is 0 Å². The zero-order valence-corrected chi connectivity index (χ0v) is 8.68. The highest BCUT2D eigenvalue weighted by Gasteiger charge is 2.01. The number of aromatic nitrogens is 1. The number of hydrogen-bond acceptors (Lipinski definition) is 4. The Labute approximate surface area is 82.8 Å². The lowest BCUT2D eigenvalue weighted by Crippen LogP contribution is -2.25. The van der Waals surface area contributed by atoms with Crippen LogP contribution in [0.5, 0.6) is 0 Å². The predicted octanol–water partition coefficient (Wildman–Crippen LogP) is 1.39. The fourth-order valence-electron chi connectivity index (χ4n) is 1.10. The third kappa shape index (κ3) is 4.36. The monoisotopic (exact) mass is 200 g/mol. The van der Waals surface area contributed by atoms with Crippen LogP contribution in [0.2, 0.25) is 0 Å². The van der Waals surface area contributed by atoms with Crippen molar-refractivity contribution in [1.29, 1.82) is 0 Å². The Bertz CT molecular complexity index is 213. The van der Waals surface area contributed by atoms with Crippen molar-refractivity contribution in [2.24, 2.45) is 0 Å². The van der Waals surface area contributed by atoms with E-state index in [0.717, 1.165) is 19.4 Å². The lowest BCUT2D eigenvalue weighted by atomic mass is 10.2. The molecule has 1 rings (SSSR count). The molecule has 0 fully saturated rings. The third-order valence-corrected chi connectivity index (χ3v) is 2.68. The van der Waals surface area contributed by atoms with Gasteiger partial charge in [-0.1, -0.05) is 0 Å². The highest BCUT2D eigenvalue weighted by atomic mass is 32.1. The van der Waals surface area contributed by atoms with Gasteiger partial charge in [0.1, 0.15) is 0 Å². The molecule has 1 heterocycles. The SMILES string of the molecule is CC(CCCO)NCc1cncs1. The van der Waals surface area contributed by atoms with Crippen molar-refractivity contribution in [2.75, 3.05) is 6.61 Å². The van der Waals surface area contributed by atoms with Crippen molar-refractivity contribution in [3.8, 4) is 0 Å². The molecule has 0 saturated heterocycles. The second kappa shape index (κ2) is 6.07. The summed E-state index contributed by atoms with van der Waals surface area (Å²) >= 11 is 1.67. The molecule has 0 bridgehead atoms. The Morgan fingerprint density at radius 1 is 1.69 bits per heavy atom. The van der Waals surface area contributed by atoms with Gasteiger partial charge in [0.05, 0.1) is 5.51 Å². The van der Waals surface area contributed by atoms with Crippen molar-refractivity contribution in [3.05, 3.63) is 16.6 Å². The first-order chi connectivity index (χ1) is 6.33. The van der Waals surface area contributed by atoms with E-state index in [9.17, 15) is 0 Å². The van der Waals surface area contributed by atoms with Gasteiger partial charge < -0.3 is 10.4 Å². The van der Waals surface area contributed by atoms with E-state index in [1.807, 2.05) is 11.7 Å². The molecule has 3 nitrogen and oxygen atoms in total. The molecule has 0 aromatic carbocycles. The highest BCUT2D eigenvalue weighted by molar-refractivity contribution is 7.09. The summed E-state index contributed by atoms with van der Waals surface area (Å²) in [4.78, 5) is 5.26. The molecule has 0 aliphatic rings. The lowest BCUT2D eigenvalue weighted by Gasteiger charge is -2.11. The number of thiazole rings is 1. The minimum absolute atomic E-state index is 0.284. The molecular weight excluding hydrogens is 184 g/mol. The first-order valence-corrected chi connectivity index (χ1v) is 5.42.